The zero-order chi connectivity index (χ0) is 17.0. The van der Waals surface area contributed by atoms with Gasteiger partial charge in [0.25, 0.3) is 0 Å². The van der Waals surface area contributed by atoms with Crippen molar-refractivity contribution >= 4 is 5.78 Å². The molecule has 0 saturated carbocycles. The summed E-state index contributed by atoms with van der Waals surface area (Å²) in [7, 11) is 1.50. The largest absolute Gasteiger partial charge is 0.497 e. The molecule has 0 aliphatic carbocycles. The first-order valence-corrected chi connectivity index (χ1v) is 6.79. The van der Waals surface area contributed by atoms with Crippen LogP contribution in [0.1, 0.15) is 38.7 Å². The molecule has 0 radical (unpaired) electrons. The summed E-state index contributed by atoms with van der Waals surface area (Å²) in [5.74, 6) is 3.12. The smallest absolute Gasteiger partial charge is 0.457 e. The topological polar surface area (TPSA) is 26.3 Å². The van der Waals surface area contributed by atoms with Gasteiger partial charge < -0.3 is 4.74 Å². The second kappa shape index (κ2) is 6.87. The molecule has 0 fully saturated rings. The van der Waals surface area contributed by atoms with Gasteiger partial charge in [-0.15, -0.1) is 0 Å². The molecule has 0 bridgehead atoms. The van der Waals surface area contributed by atoms with E-state index in [4.69, 9.17) is 4.74 Å². The van der Waals surface area contributed by atoms with E-state index in [1.54, 1.807) is 45.0 Å². The molecule has 2 nitrogen and oxygen atoms in total. The molecule has 1 unspecified atom stereocenters. The normalized spacial score (nSPS) is 13.0. The summed E-state index contributed by atoms with van der Waals surface area (Å²) in [4.78, 5) is 12.1. The van der Waals surface area contributed by atoms with Crippen molar-refractivity contribution in [2.75, 3.05) is 7.11 Å². The number of ether oxygens (including phenoxy) is 1. The van der Waals surface area contributed by atoms with Crippen LogP contribution in [-0.4, -0.2) is 19.1 Å². The third-order valence-electron chi connectivity index (χ3n) is 3.13. The van der Waals surface area contributed by atoms with Gasteiger partial charge in [0.1, 0.15) is 11.5 Å². The first-order valence-electron chi connectivity index (χ1n) is 6.79. The van der Waals surface area contributed by atoms with Gasteiger partial charge in [0.15, 0.2) is 0 Å². The molecule has 1 aromatic carbocycles. The van der Waals surface area contributed by atoms with E-state index in [2.05, 4.69) is 5.92 Å². The number of ketones is 1. The number of alkyl halides is 3. The van der Waals surface area contributed by atoms with E-state index in [0.717, 1.165) is 0 Å². The van der Waals surface area contributed by atoms with Crippen molar-refractivity contribution < 1.29 is 22.7 Å². The SMILES string of the molecule is COc1ccc(C(C#CC(F)(F)F)CC(=O)C(C)(C)C)cc1. The van der Waals surface area contributed by atoms with Gasteiger partial charge in [-0.3, -0.25) is 4.79 Å². The summed E-state index contributed by atoms with van der Waals surface area (Å²) in [6.07, 6.45) is -4.63. The summed E-state index contributed by atoms with van der Waals surface area (Å²) < 4.78 is 42.0. The maximum atomic E-state index is 12.3. The van der Waals surface area contributed by atoms with Crippen molar-refractivity contribution in [2.24, 2.45) is 5.41 Å². The fourth-order valence-corrected chi connectivity index (χ4v) is 1.75. The van der Waals surface area contributed by atoms with Crippen LogP contribution in [0, 0.1) is 17.3 Å². The number of Topliss-reactive ketones (excluding diaryl/α,β-unsaturated/α-hetero) is 1. The summed E-state index contributed by atoms with van der Waals surface area (Å²) in [6.45, 7) is 5.20. The molecule has 0 saturated heterocycles. The van der Waals surface area contributed by atoms with Crippen molar-refractivity contribution in [3.63, 3.8) is 0 Å². The third kappa shape index (κ3) is 5.80. The lowest BCUT2D eigenvalue weighted by Crippen LogP contribution is -2.22. The minimum atomic E-state index is -4.57. The highest BCUT2D eigenvalue weighted by Gasteiger charge is 2.27. The molecule has 0 amide bonds. The highest BCUT2D eigenvalue weighted by atomic mass is 19.4. The van der Waals surface area contributed by atoms with E-state index >= 15 is 0 Å². The molecule has 0 aliphatic heterocycles. The quantitative estimate of drug-likeness (QED) is 0.773. The second-order valence-electron chi connectivity index (χ2n) is 5.97. The molecule has 1 atom stereocenters. The highest BCUT2D eigenvalue weighted by Crippen LogP contribution is 2.27. The summed E-state index contributed by atoms with van der Waals surface area (Å²) in [5, 5.41) is 0. The van der Waals surface area contributed by atoms with Crippen molar-refractivity contribution in [3.8, 4) is 17.6 Å². The molecule has 1 rings (SSSR count). The maximum Gasteiger partial charge on any atom is 0.457 e. The van der Waals surface area contributed by atoms with E-state index in [9.17, 15) is 18.0 Å². The molecule has 0 aromatic heterocycles. The number of hydrogen-bond donors (Lipinski definition) is 0. The highest BCUT2D eigenvalue weighted by molar-refractivity contribution is 5.84. The lowest BCUT2D eigenvalue weighted by molar-refractivity contribution is -0.126. The second-order valence-corrected chi connectivity index (χ2v) is 5.97. The average Bonchev–Trinajstić information content (AvgIpc) is 2.41. The zero-order valence-corrected chi connectivity index (χ0v) is 13.0. The van der Waals surface area contributed by atoms with Crippen LogP contribution in [0.15, 0.2) is 24.3 Å². The fraction of sp³-hybridized carbons (Fsp3) is 0.471. The van der Waals surface area contributed by atoms with Crippen LogP contribution in [0.2, 0.25) is 0 Å². The van der Waals surface area contributed by atoms with Gasteiger partial charge in [-0.2, -0.15) is 13.2 Å². The molecule has 120 valence electrons. The van der Waals surface area contributed by atoms with Gasteiger partial charge >= 0.3 is 6.18 Å². The lowest BCUT2D eigenvalue weighted by Gasteiger charge is -2.19. The molecule has 22 heavy (non-hydrogen) atoms. The Morgan fingerprint density at radius 1 is 1.18 bits per heavy atom. The number of carbonyl (C=O) groups is 1. The van der Waals surface area contributed by atoms with Crippen LogP contribution in [0.3, 0.4) is 0 Å². The van der Waals surface area contributed by atoms with Crippen molar-refractivity contribution in [1.82, 2.24) is 0 Å². The summed E-state index contributed by atoms with van der Waals surface area (Å²) >= 11 is 0. The molecular formula is C17H19F3O2. The number of hydrogen-bond acceptors (Lipinski definition) is 2. The molecule has 0 N–H and O–H groups in total. The van der Waals surface area contributed by atoms with E-state index in [0.29, 0.717) is 11.3 Å². The molecular weight excluding hydrogens is 293 g/mol. The first-order chi connectivity index (χ1) is 10.0. The van der Waals surface area contributed by atoms with E-state index in [1.165, 1.54) is 13.0 Å². The van der Waals surface area contributed by atoms with Crippen LogP contribution in [-0.2, 0) is 4.79 Å². The Kier molecular flexibility index (Phi) is 5.65. The Hall–Kier alpha value is -1.96. The maximum absolute atomic E-state index is 12.3. The minimum Gasteiger partial charge on any atom is -0.497 e. The Morgan fingerprint density at radius 3 is 2.14 bits per heavy atom. The van der Waals surface area contributed by atoms with Crippen molar-refractivity contribution in [3.05, 3.63) is 29.8 Å². The molecule has 0 aliphatic rings. The predicted octanol–water partition coefficient (Wildman–Crippen LogP) is 4.35. The van der Waals surface area contributed by atoms with E-state index < -0.39 is 17.5 Å². The molecule has 1 aromatic rings. The van der Waals surface area contributed by atoms with E-state index in [1.807, 2.05) is 0 Å². The van der Waals surface area contributed by atoms with Crippen molar-refractivity contribution in [2.45, 2.75) is 39.3 Å². The van der Waals surface area contributed by atoms with Crippen LogP contribution < -0.4 is 4.74 Å². The Labute approximate surface area is 128 Å². The summed E-state index contributed by atoms with van der Waals surface area (Å²) in [6, 6.07) is 6.54. The van der Waals surface area contributed by atoms with Gasteiger partial charge in [-0.05, 0) is 17.7 Å². The number of carbonyl (C=O) groups excluding carboxylic acids is 1. The Morgan fingerprint density at radius 2 is 1.73 bits per heavy atom. The average molecular weight is 312 g/mol. The summed E-state index contributed by atoms with van der Waals surface area (Å²) in [5.41, 5.74) is -0.0555. The minimum absolute atomic E-state index is 0.0566. The van der Waals surface area contributed by atoms with Gasteiger partial charge in [-0.1, -0.05) is 38.8 Å². The Bertz CT molecular complexity index is 569. The van der Waals surface area contributed by atoms with E-state index in [-0.39, 0.29) is 12.2 Å². The molecule has 0 spiro atoms. The van der Waals surface area contributed by atoms with Gasteiger partial charge in [0, 0.05) is 17.8 Å². The van der Waals surface area contributed by atoms with Gasteiger partial charge in [0.05, 0.1) is 13.0 Å². The van der Waals surface area contributed by atoms with Crippen LogP contribution in [0.4, 0.5) is 13.2 Å². The number of halogens is 3. The zero-order valence-electron chi connectivity index (χ0n) is 13.0. The lowest BCUT2D eigenvalue weighted by atomic mass is 9.83. The van der Waals surface area contributed by atoms with Gasteiger partial charge in [-0.25, -0.2) is 0 Å². The molecule has 0 heterocycles. The van der Waals surface area contributed by atoms with Crippen LogP contribution in [0.25, 0.3) is 0 Å². The Balaban J connectivity index is 3.09. The van der Waals surface area contributed by atoms with Gasteiger partial charge in [0.2, 0.25) is 0 Å². The van der Waals surface area contributed by atoms with Crippen LogP contribution in [0.5, 0.6) is 5.75 Å². The first kappa shape index (κ1) is 18.1. The number of rotatable bonds is 4. The fourth-order valence-electron chi connectivity index (χ4n) is 1.75. The third-order valence-corrected chi connectivity index (χ3v) is 3.13. The number of benzene rings is 1. The monoisotopic (exact) mass is 312 g/mol. The number of methoxy groups -OCH3 is 1. The molecule has 5 heteroatoms. The van der Waals surface area contributed by atoms with Crippen molar-refractivity contribution in [1.29, 1.82) is 0 Å². The van der Waals surface area contributed by atoms with Crippen LogP contribution >= 0.6 is 0 Å². The standard InChI is InChI=1S/C17H19F3O2/c1-16(2,3)15(21)11-13(9-10-17(18,19)20)12-5-7-14(22-4)8-6-12/h5-8,13H,11H2,1-4H3. The predicted molar refractivity (Wildman–Crippen MR) is 78.6 cm³/mol.